The van der Waals surface area contributed by atoms with Crippen LogP contribution in [0.4, 0.5) is 0 Å². The van der Waals surface area contributed by atoms with Crippen molar-refractivity contribution in [1.82, 2.24) is 0 Å². The van der Waals surface area contributed by atoms with Gasteiger partial charge in [-0.2, -0.15) is 5.10 Å². The molecular formula is C5H6N4. The largest absolute Gasteiger partial charge is 0.321 e. The minimum Gasteiger partial charge on any atom is -0.321 e. The van der Waals surface area contributed by atoms with E-state index in [1.54, 1.807) is 18.4 Å². The third kappa shape index (κ3) is 1.02. The summed E-state index contributed by atoms with van der Waals surface area (Å²) < 4.78 is 0. The molecule has 4 nitrogen and oxygen atoms in total. The van der Waals surface area contributed by atoms with E-state index in [9.17, 15) is 0 Å². The molecule has 0 aliphatic carbocycles. The van der Waals surface area contributed by atoms with E-state index >= 15 is 0 Å². The Hall–Kier alpha value is -1.45. The van der Waals surface area contributed by atoms with Gasteiger partial charge in [0.15, 0.2) is 5.84 Å². The van der Waals surface area contributed by atoms with Crippen LogP contribution < -0.4 is 5.84 Å². The van der Waals surface area contributed by atoms with E-state index < -0.39 is 0 Å². The number of dihydropyridines is 1. The number of nitrogens with two attached hydrogens (primary N) is 1. The Balaban J connectivity index is 2.91. The van der Waals surface area contributed by atoms with Gasteiger partial charge in [0.25, 0.3) is 0 Å². The SMILES string of the molecule is N=C1C=CC=N/C1=N/N. The van der Waals surface area contributed by atoms with Crippen LogP contribution in [0.1, 0.15) is 0 Å². The van der Waals surface area contributed by atoms with Crippen molar-refractivity contribution in [3.05, 3.63) is 12.2 Å². The van der Waals surface area contributed by atoms with Gasteiger partial charge in [-0.25, -0.2) is 4.99 Å². The van der Waals surface area contributed by atoms with Crippen LogP contribution in [0.15, 0.2) is 22.2 Å². The maximum absolute atomic E-state index is 7.13. The van der Waals surface area contributed by atoms with Crippen LogP contribution in [0.5, 0.6) is 0 Å². The van der Waals surface area contributed by atoms with Gasteiger partial charge in [-0.1, -0.05) is 0 Å². The summed E-state index contributed by atoms with van der Waals surface area (Å²) in [6.07, 6.45) is 4.79. The van der Waals surface area contributed by atoms with Gasteiger partial charge in [-0.15, -0.1) is 0 Å². The molecule has 9 heavy (non-hydrogen) atoms. The normalized spacial score (nSPS) is 21.3. The van der Waals surface area contributed by atoms with E-state index in [0.717, 1.165) is 0 Å². The highest BCUT2D eigenvalue weighted by molar-refractivity contribution is 6.47. The van der Waals surface area contributed by atoms with Gasteiger partial charge < -0.3 is 5.84 Å². The van der Waals surface area contributed by atoms with Gasteiger partial charge >= 0.3 is 0 Å². The van der Waals surface area contributed by atoms with Crippen molar-refractivity contribution in [1.29, 1.82) is 5.41 Å². The molecule has 1 heterocycles. The fourth-order valence-electron chi connectivity index (χ4n) is 0.500. The summed E-state index contributed by atoms with van der Waals surface area (Å²) in [5.74, 6) is 5.17. The Morgan fingerprint density at radius 1 is 1.67 bits per heavy atom. The molecule has 0 saturated heterocycles. The molecule has 0 saturated carbocycles. The number of hydrogen-bond donors (Lipinski definition) is 2. The quantitative estimate of drug-likeness (QED) is 0.342. The molecule has 1 rings (SSSR count). The van der Waals surface area contributed by atoms with E-state index in [4.69, 9.17) is 11.3 Å². The number of nitrogens with zero attached hydrogens (tertiary/aromatic N) is 2. The molecule has 4 heteroatoms. The number of amidine groups is 1. The van der Waals surface area contributed by atoms with Gasteiger partial charge in [-0.05, 0) is 12.2 Å². The average Bonchev–Trinajstić information content (AvgIpc) is 1.89. The van der Waals surface area contributed by atoms with Crippen LogP contribution in [0.3, 0.4) is 0 Å². The number of hydrazone groups is 1. The zero-order valence-corrected chi connectivity index (χ0v) is 4.70. The maximum Gasteiger partial charge on any atom is 0.196 e. The lowest BCUT2D eigenvalue weighted by Gasteiger charge is -1.97. The van der Waals surface area contributed by atoms with Crippen molar-refractivity contribution in [3.8, 4) is 0 Å². The zero-order chi connectivity index (χ0) is 6.69. The molecule has 0 aromatic rings. The van der Waals surface area contributed by atoms with Crippen LogP contribution in [0, 0.1) is 5.41 Å². The number of allylic oxidation sites excluding steroid dienone is 1. The van der Waals surface area contributed by atoms with E-state index in [1.807, 2.05) is 0 Å². The fourth-order valence-corrected chi connectivity index (χ4v) is 0.500. The number of aliphatic imine (C=N–C) groups is 1. The van der Waals surface area contributed by atoms with Crippen LogP contribution in [-0.4, -0.2) is 17.8 Å². The second-order valence-corrected chi connectivity index (χ2v) is 1.50. The fraction of sp³-hybridized carbons (Fsp3) is 0. The molecular weight excluding hydrogens is 116 g/mol. The van der Waals surface area contributed by atoms with E-state index in [-0.39, 0.29) is 11.5 Å². The molecule has 46 valence electrons. The van der Waals surface area contributed by atoms with E-state index in [2.05, 4.69) is 10.1 Å². The van der Waals surface area contributed by atoms with Gasteiger partial charge in [0.1, 0.15) is 5.71 Å². The molecule has 0 spiro atoms. The maximum atomic E-state index is 7.13. The molecule has 3 N–H and O–H groups in total. The van der Waals surface area contributed by atoms with Gasteiger partial charge in [-0.3, -0.25) is 5.41 Å². The van der Waals surface area contributed by atoms with Crippen LogP contribution in [0.2, 0.25) is 0 Å². The summed E-state index contributed by atoms with van der Waals surface area (Å²) in [6.45, 7) is 0. The van der Waals surface area contributed by atoms with Gasteiger partial charge in [0.05, 0.1) is 0 Å². The Morgan fingerprint density at radius 3 is 2.89 bits per heavy atom. The molecule has 1 aliphatic heterocycles. The van der Waals surface area contributed by atoms with Crippen molar-refractivity contribution in [3.63, 3.8) is 0 Å². The molecule has 0 atom stereocenters. The number of hydrogen-bond acceptors (Lipinski definition) is 3. The van der Waals surface area contributed by atoms with E-state index in [1.165, 1.54) is 0 Å². The predicted octanol–water partition coefficient (Wildman–Crippen LogP) is -0.0810. The molecule has 0 aromatic heterocycles. The highest BCUT2D eigenvalue weighted by Gasteiger charge is 2.01. The summed E-state index contributed by atoms with van der Waals surface area (Å²) in [5, 5.41) is 10.4. The summed E-state index contributed by atoms with van der Waals surface area (Å²) in [4.78, 5) is 3.72. The lowest BCUT2D eigenvalue weighted by Crippen LogP contribution is -2.12. The first-order valence-corrected chi connectivity index (χ1v) is 2.42. The van der Waals surface area contributed by atoms with Crippen LogP contribution in [0.25, 0.3) is 0 Å². The summed E-state index contributed by atoms with van der Waals surface area (Å²) in [7, 11) is 0. The minimum absolute atomic E-state index is 0.250. The Bertz CT molecular complexity index is 211. The first kappa shape index (κ1) is 5.68. The summed E-state index contributed by atoms with van der Waals surface area (Å²) in [5.41, 5.74) is 0.250. The standard InChI is InChI=1S/C5H6N4/c6-4-2-1-3-8-5(4)9-7/h1-3,6H,7H2/b6-4?,9-5+. The minimum atomic E-state index is 0.250. The van der Waals surface area contributed by atoms with Crippen LogP contribution >= 0.6 is 0 Å². The second kappa shape index (κ2) is 2.21. The van der Waals surface area contributed by atoms with Crippen molar-refractivity contribution in [2.75, 3.05) is 0 Å². The van der Waals surface area contributed by atoms with Crippen molar-refractivity contribution in [2.45, 2.75) is 0 Å². The van der Waals surface area contributed by atoms with Crippen molar-refractivity contribution >= 4 is 17.8 Å². The molecule has 0 bridgehead atoms. The first-order valence-electron chi connectivity index (χ1n) is 2.42. The summed E-state index contributed by atoms with van der Waals surface area (Å²) >= 11 is 0. The van der Waals surface area contributed by atoms with Gasteiger partial charge in [0.2, 0.25) is 0 Å². The molecule has 0 fully saturated rings. The molecule has 0 aromatic carbocycles. The third-order valence-corrected chi connectivity index (χ3v) is 0.909. The Labute approximate surface area is 52.3 Å². The number of nitrogens with one attached hydrogen (secondary N) is 1. The second-order valence-electron chi connectivity index (χ2n) is 1.50. The topological polar surface area (TPSA) is 74.6 Å². The average molecular weight is 122 g/mol. The highest BCUT2D eigenvalue weighted by Crippen LogP contribution is 1.89. The molecule has 0 radical (unpaired) electrons. The van der Waals surface area contributed by atoms with Crippen LogP contribution in [-0.2, 0) is 0 Å². The monoisotopic (exact) mass is 122 g/mol. The molecule has 1 aliphatic rings. The lowest BCUT2D eigenvalue weighted by atomic mass is 10.3. The molecule has 0 amide bonds. The Kier molecular flexibility index (Phi) is 1.40. The number of rotatable bonds is 0. The first-order chi connectivity index (χ1) is 4.34. The Morgan fingerprint density at radius 2 is 2.44 bits per heavy atom. The predicted molar refractivity (Wildman–Crippen MR) is 37.0 cm³/mol. The third-order valence-electron chi connectivity index (χ3n) is 0.909. The highest BCUT2D eigenvalue weighted by atomic mass is 15.2. The van der Waals surface area contributed by atoms with Crippen molar-refractivity contribution in [2.24, 2.45) is 15.9 Å². The van der Waals surface area contributed by atoms with Gasteiger partial charge in [0, 0.05) is 6.21 Å². The summed E-state index contributed by atoms with van der Waals surface area (Å²) in [6, 6.07) is 0. The zero-order valence-electron chi connectivity index (χ0n) is 4.70. The smallest absolute Gasteiger partial charge is 0.196 e. The lowest BCUT2D eigenvalue weighted by molar-refractivity contribution is 1.24. The molecule has 0 unspecified atom stereocenters. The van der Waals surface area contributed by atoms with E-state index in [0.29, 0.717) is 0 Å². The van der Waals surface area contributed by atoms with Crippen molar-refractivity contribution < 1.29 is 0 Å².